The van der Waals surface area contributed by atoms with E-state index in [1.807, 2.05) is 0 Å². The maximum Gasteiger partial charge on any atom is 0.347 e. The first-order valence-corrected chi connectivity index (χ1v) is 7.10. The summed E-state index contributed by atoms with van der Waals surface area (Å²) in [4.78, 5) is 12.0. The maximum atomic E-state index is 12.5. The van der Waals surface area contributed by atoms with Crippen molar-refractivity contribution in [3.63, 3.8) is 0 Å². The fourth-order valence-corrected chi connectivity index (χ4v) is 4.25. The van der Waals surface area contributed by atoms with Gasteiger partial charge in [0.25, 0.3) is 0 Å². The van der Waals surface area contributed by atoms with Crippen molar-refractivity contribution in [2.45, 2.75) is 30.8 Å². The summed E-state index contributed by atoms with van der Waals surface area (Å²) in [6.45, 7) is -0.361. The van der Waals surface area contributed by atoms with Crippen LogP contribution in [0.5, 0.6) is 0 Å². The second-order valence-electron chi connectivity index (χ2n) is 3.96. The molecule has 0 heterocycles. The minimum atomic E-state index is -3.51. The molecule has 0 atom stereocenters. The average Bonchev–Trinajstić information content (AvgIpc) is 2.85. The van der Waals surface area contributed by atoms with Crippen LogP contribution in [0.4, 0.5) is 0 Å². The van der Waals surface area contributed by atoms with E-state index >= 15 is 0 Å². The van der Waals surface area contributed by atoms with Gasteiger partial charge in [0, 0.05) is 14.2 Å². The third-order valence-electron chi connectivity index (χ3n) is 3.14. The molecule has 17 heavy (non-hydrogen) atoms. The molecule has 0 amide bonds. The van der Waals surface area contributed by atoms with Crippen molar-refractivity contribution in [3.8, 4) is 0 Å². The Bertz CT molecular complexity index is 302. The highest BCUT2D eigenvalue weighted by Crippen LogP contribution is 2.65. The number of aliphatic hydroxyl groups excluding tert-OH is 1. The van der Waals surface area contributed by atoms with Gasteiger partial charge in [0.05, 0.1) is 6.61 Å². The standard InChI is InChI=1S/C10H19O6P/c1-14-17(13,15-2)10(5-3-4-6-10)9(12)16-8-7-11/h11H,3-8H2,1-2H3. The highest BCUT2D eigenvalue weighted by molar-refractivity contribution is 7.56. The molecular weight excluding hydrogens is 247 g/mol. The Labute approximate surface area is 101 Å². The van der Waals surface area contributed by atoms with Gasteiger partial charge in [0.1, 0.15) is 6.61 Å². The highest BCUT2D eigenvalue weighted by atomic mass is 31.2. The lowest BCUT2D eigenvalue weighted by atomic mass is 10.1. The summed E-state index contributed by atoms with van der Waals surface area (Å²) in [6, 6.07) is 0. The second kappa shape index (κ2) is 5.96. The van der Waals surface area contributed by atoms with E-state index in [9.17, 15) is 9.36 Å². The molecule has 0 aromatic rings. The summed E-state index contributed by atoms with van der Waals surface area (Å²) in [6.07, 6.45) is 2.42. The molecule has 0 aliphatic heterocycles. The van der Waals surface area contributed by atoms with Crippen molar-refractivity contribution < 1.29 is 28.3 Å². The topological polar surface area (TPSA) is 82.1 Å². The number of rotatable bonds is 6. The molecule has 1 fully saturated rings. The maximum absolute atomic E-state index is 12.5. The molecular formula is C10H19O6P. The molecule has 0 aromatic heterocycles. The predicted molar refractivity (Wildman–Crippen MR) is 60.9 cm³/mol. The van der Waals surface area contributed by atoms with Gasteiger partial charge in [-0.1, -0.05) is 12.8 Å². The van der Waals surface area contributed by atoms with Crippen LogP contribution in [0.25, 0.3) is 0 Å². The van der Waals surface area contributed by atoms with Crippen LogP contribution in [-0.2, 0) is 23.1 Å². The molecule has 0 bridgehead atoms. The van der Waals surface area contributed by atoms with Crippen LogP contribution in [-0.4, -0.2) is 43.7 Å². The lowest BCUT2D eigenvalue weighted by molar-refractivity contribution is -0.148. The molecule has 6 nitrogen and oxygen atoms in total. The molecule has 7 heteroatoms. The Hall–Kier alpha value is -0.420. The van der Waals surface area contributed by atoms with Gasteiger partial charge in [-0.2, -0.15) is 0 Å². The van der Waals surface area contributed by atoms with Crippen LogP contribution in [0, 0.1) is 0 Å². The zero-order valence-electron chi connectivity index (χ0n) is 10.2. The Morgan fingerprint density at radius 1 is 1.29 bits per heavy atom. The first kappa shape index (κ1) is 14.6. The van der Waals surface area contributed by atoms with Crippen molar-refractivity contribution in [2.75, 3.05) is 27.4 Å². The third kappa shape index (κ3) is 2.55. The number of hydrogen-bond acceptors (Lipinski definition) is 6. The number of aliphatic hydroxyl groups is 1. The smallest absolute Gasteiger partial charge is 0.347 e. The van der Waals surface area contributed by atoms with Crippen LogP contribution >= 0.6 is 7.60 Å². The van der Waals surface area contributed by atoms with E-state index in [0.29, 0.717) is 12.8 Å². The molecule has 0 saturated heterocycles. The van der Waals surface area contributed by atoms with Crippen molar-refractivity contribution >= 4 is 13.6 Å². The van der Waals surface area contributed by atoms with Crippen LogP contribution in [0.2, 0.25) is 0 Å². The minimum absolute atomic E-state index is 0.103. The fraction of sp³-hybridized carbons (Fsp3) is 0.900. The highest BCUT2D eigenvalue weighted by Gasteiger charge is 2.58. The number of esters is 1. The second-order valence-corrected chi connectivity index (χ2v) is 6.54. The van der Waals surface area contributed by atoms with E-state index < -0.39 is 18.7 Å². The first-order chi connectivity index (χ1) is 8.06. The molecule has 1 aliphatic rings. The molecule has 0 radical (unpaired) electrons. The Morgan fingerprint density at radius 2 is 1.82 bits per heavy atom. The van der Waals surface area contributed by atoms with Gasteiger partial charge >= 0.3 is 13.6 Å². The number of ether oxygens (including phenoxy) is 1. The summed E-state index contributed by atoms with van der Waals surface area (Å²) in [5.41, 5.74) is 0. The van der Waals surface area contributed by atoms with Crippen molar-refractivity contribution in [1.82, 2.24) is 0 Å². The van der Waals surface area contributed by atoms with Gasteiger partial charge in [-0.25, -0.2) is 0 Å². The third-order valence-corrected chi connectivity index (χ3v) is 5.78. The zero-order chi connectivity index (χ0) is 12.9. The zero-order valence-corrected chi connectivity index (χ0v) is 11.1. The van der Waals surface area contributed by atoms with Crippen molar-refractivity contribution in [3.05, 3.63) is 0 Å². The van der Waals surface area contributed by atoms with E-state index in [4.69, 9.17) is 18.9 Å². The van der Waals surface area contributed by atoms with E-state index in [2.05, 4.69) is 0 Å². The van der Waals surface area contributed by atoms with Gasteiger partial charge < -0.3 is 18.9 Å². The number of carbonyl (C=O) groups excluding carboxylic acids is 1. The summed E-state index contributed by atoms with van der Waals surface area (Å²) in [7, 11) is -0.977. The fourth-order valence-electron chi connectivity index (χ4n) is 2.25. The monoisotopic (exact) mass is 266 g/mol. The quantitative estimate of drug-likeness (QED) is 0.576. The van der Waals surface area contributed by atoms with Gasteiger partial charge in [-0.15, -0.1) is 0 Å². The summed E-state index contributed by atoms with van der Waals surface area (Å²) >= 11 is 0. The largest absolute Gasteiger partial charge is 0.462 e. The molecule has 1 N–H and O–H groups in total. The van der Waals surface area contributed by atoms with Gasteiger partial charge in [0.2, 0.25) is 0 Å². The molecule has 1 saturated carbocycles. The molecule has 0 aromatic carbocycles. The van der Waals surface area contributed by atoms with E-state index in [1.54, 1.807) is 0 Å². The first-order valence-electron chi connectivity index (χ1n) is 5.56. The van der Waals surface area contributed by atoms with E-state index in [0.717, 1.165) is 12.8 Å². The van der Waals surface area contributed by atoms with Gasteiger partial charge in [0.15, 0.2) is 5.16 Å². The lowest BCUT2D eigenvalue weighted by Gasteiger charge is -2.31. The summed E-state index contributed by atoms with van der Waals surface area (Å²) < 4.78 is 27.3. The van der Waals surface area contributed by atoms with Crippen LogP contribution in [0.15, 0.2) is 0 Å². The minimum Gasteiger partial charge on any atom is -0.462 e. The molecule has 0 spiro atoms. The van der Waals surface area contributed by atoms with Gasteiger partial charge in [-0.3, -0.25) is 9.36 Å². The van der Waals surface area contributed by atoms with Crippen molar-refractivity contribution in [2.24, 2.45) is 0 Å². The van der Waals surface area contributed by atoms with E-state index in [1.165, 1.54) is 14.2 Å². The Morgan fingerprint density at radius 3 is 2.24 bits per heavy atom. The SMILES string of the molecule is COP(=O)(OC)C1(C(=O)OCCO)CCCC1. The van der Waals surface area contributed by atoms with Crippen molar-refractivity contribution in [1.29, 1.82) is 0 Å². The molecule has 1 aliphatic carbocycles. The molecule has 100 valence electrons. The van der Waals surface area contributed by atoms with Crippen LogP contribution in [0.1, 0.15) is 25.7 Å². The average molecular weight is 266 g/mol. The van der Waals surface area contributed by atoms with E-state index in [-0.39, 0.29) is 13.2 Å². The number of carbonyl (C=O) groups is 1. The summed E-state index contributed by atoms with van der Waals surface area (Å²) in [5.74, 6) is -0.601. The normalized spacial score (nSPS) is 19.2. The predicted octanol–water partition coefficient (Wildman–Crippen LogP) is 1.32. The van der Waals surface area contributed by atoms with Gasteiger partial charge in [-0.05, 0) is 12.8 Å². The van der Waals surface area contributed by atoms with Crippen LogP contribution < -0.4 is 0 Å². The molecule has 0 unspecified atom stereocenters. The summed E-state index contributed by atoms with van der Waals surface area (Å²) in [5, 5.41) is 7.45. The Balaban J connectivity index is 2.97. The molecule has 1 rings (SSSR count). The lowest BCUT2D eigenvalue weighted by Crippen LogP contribution is -2.38. The van der Waals surface area contributed by atoms with Crippen LogP contribution in [0.3, 0.4) is 0 Å². The number of hydrogen-bond donors (Lipinski definition) is 1. The Kier molecular flexibility index (Phi) is 5.13.